The molecule has 1 aliphatic heterocycles. The number of aromatic nitrogens is 1. The summed E-state index contributed by atoms with van der Waals surface area (Å²) in [7, 11) is -3.85. The molecular weight excluding hydrogens is 358 g/mol. The van der Waals surface area contributed by atoms with E-state index in [0.717, 1.165) is 6.20 Å². The van der Waals surface area contributed by atoms with Crippen molar-refractivity contribution >= 4 is 33.2 Å². The summed E-state index contributed by atoms with van der Waals surface area (Å²) in [4.78, 5) is 15.5. The number of benzene rings is 1. The molecule has 0 fully saturated rings. The molecule has 2 aromatic rings. The lowest BCUT2D eigenvalue weighted by atomic mass is 10.3. The van der Waals surface area contributed by atoms with Gasteiger partial charge in [-0.1, -0.05) is 11.6 Å². The number of pyridine rings is 1. The van der Waals surface area contributed by atoms with Crippen molar-refractivity contribution in [3.63, 3.8) is 0 Å². The Bertz CT molecular complexity index is 870. The highest BCUT2D eigenvalue weighted by Crippen LogP contribution is 2.34. The molecule has 3 rings (SSSR count). The zero-order valence-electron chi connectivity index (χ0n) is 12.2. The Kier molecular flexibility index (Phi) is 4.56. The first kappa shape index (κ1) is 16.5. The molecule has 0 unspecified atom stereocenters. The van der Waals surface area contributed by atoms with Gasteiger partial charge in [0.05, 0.1) is 6.54 Å². The van der Waals surface area contributed by atoms with Crippen LogP contribution in [0.25, 0.3) is 0 Å². The third-order valence-corrected chi connectivity index (χ3v) is 4.70. The Morgan fingerprint density at radius 2 is 2.00 bits per heavy atom. The summed E-state index contributed by atoms with van der Waals surface area (Å²) in [5, 5.41) is 2.74. The average molecular weight is 370 g/mol. The lowest BCUT2D eigenvalue weighted by Gasteiger charge is -2.08. The summed E-state index contributed by atoms with van der Waals surface area (Å²) in [6.07, 6.45) is 1.11. The number of carbonyl (C=O) groups is 1. The van der Waals surface area contributed by atoms with E-state index < -0.39 is 22.5 Å². The van der Waals surface area contributed by atoms with Crippen LogP contribution in [0.3, 0.4) is 0 Å². The van der Waals surface area contributed by atoms with Gasteiger partial charge >= 0.3 is 0 Å². The smallest absolute Gasteiger partial charge is 0.242 e. The van der Waals surface area contributed by atoms with Crippen molar-refractivity contribution in [1.82, 2.24) is 9.71 Å². The van der Waals surface area contributed by atoms with Gasteiger partial charge in [0.25, 0.3) is 0 Å². The summed E-state index contributed by atoms with van der Waals surface area (Å²) < 4.78 is 36.6. The number of nitrogens with zero attached hydrogens (tertiary/aromatic N) is 1. The van der Waals surface area contributed by atoms with Gasteiger partial charge in [0.2, 0.25) is 22.7 Å². The Hall–Kier alpha value is -2.36. The zero-order chi connectivity index (χ0) is 17.2. The number of amides is 1. The first-order valence-electron chi connectivity index (χ1n) is 6.75. The van der Waals surface area contributed by atoms with E-state index in [1.54, 1.807) is 18.2 Å². The van der Waals surface area contributed by atoms with Gasteiger partial charge in [-0.25, -0.2) is 18.1 Å². The van der Waals surface area contributed by atoms with E-state index in [0.29, 0.717) is 17.2 Å². The van der Waals surface area contributed by atoms with Gasteiger partial charge in [-0.2, -0.15) is 0 Å². The molecule has 0 aliphatic carbocycles. The average Bonchev–Trinajstić information content (AvgIpc) is 3.01. The molecule has 0 radical (unpaired) electrons. The number of halogens is 1. The van der Waals surface area contributed by atoms with E-state index in [-0.39, 0.29) is 16.8 Å². The SMILES string of the molecule is O=C(CNS(=O)(=O)c1ccc(Cl)nc1)Nc1ccc2c(c1)OCO2. The number of rotatable bonds is 5. The van der Waals surface area contributed by atoms with Crippen LogP contribution in [-0.2, 0) is 14.8 Å². The molecule has 0 bridgehead atoms. The Morgan fingerprint density at radius 1 is 1.21 bits per heavy atom. The number of nitrogens with one attached hydrogen (secondary N) is 2. The van der Waals surface area contributed by atoms with Crippen molar-refractivity contribution in [3.05, 3.63) is 41.7 Å². The van der Waals surface area contributed by atoms with Crippen LogP contribution in [0.4, 0.5) is 5.69 Å². The predicted molar refractivity (Wildman–Crippen MR) is 85.6 cm³/mol. The fourth-order valence-corrected chi connectivity index (χ4v) is 2.98. The van der Waals surface area contributed by atoms with E-state index in [1.165, 1.54) is 12.1 Å². The summed E-state index contributed by atoms with van der Waals surface area (Å²) in [6.45, 7) is -0.305. The molecule has 10 heteroatoms. The molecule has 24 heavy (non-hydrogen) atoms. The maximum absolute atomic E-state index is 12.0. The highest BCUT2D eigenvalue weighted by molar-refractivity contribution is 7.89. The highest BCUT2D eigenvalue weighted by atomic mass is 35.5. The normalized spacial score (nSPS) is 12.9. The fourth-order valence-electron chi connectivity index (χ4n) is 1.94. The standard InChI is InChI=1S/C14H12ClN3O5S/c15-13-4-2-10(6-16-13)24(20,21)17-7-14(19)18-9-1-3-11-12(5-9)23-8-22-11/h1-6,17H,7-8H2,(H,18,19). The zero-order valence-corrected chi connectivity index (χ0v) is 13.7. The molecule has 8 nitrogen and oxygen atoms in total. The number of carbonyl (C=O) groups excluding carboxylic acids is 1. The second-order valence-corrected chi connectivity index (χ2v) is 6.91. The number of fused-ring (bicyclic) bond motifs is 1. The molecule has 1 aromatic heterocycles. The highest BCUT2D eigenvalue weighted by Gasteiger charge is 2.17. The molecule has 1 aliphatic rings. The van der Waals surface area contributed by atoms with Gasteiger partial charge in [-0.05, 0) is 24.3 Å². The second kappa shape index (κ2) is 6.63. The Morgan fingerprint density at radius 3 is 2.75 bits per heavy atom. The molecule has 0 saturated carbocycles. The van der Waals surface area contributed by atoms with Crippen LogP contribution in [0.5, 0.6) is 11.5 Å². The van der Waals surface area contributed by atoms with Crippen molar-refractivity contribution in [2.24, 2.45) is 0 Å². The third kappa shape index (κ3) is 3.75. The Labute approximate surface area is 142 Å². The lowest BCUT2D eigenvalue weighted by molar-refractivity contribution is -0.115. The third-order valence-electron chi connectivity index (χ3n) is 3.09. The monoisotopic (exact) mass is 369 g/mol. The molecular formula is C14H12ClN3O5S. The minimum Gasteiger partial charge on any atom is -0.454 e. The molecule has 0 atom stereocenters. The predicted octanol–water partition coefficient (Wildman–Crippen LogP) is 1.38. The second-order valence-electron chi connectivity index (χ2n) is 4.76. The summed E-state index contributed by atoms with van der Waals surface area (Å²) in [5.74, 6) is 0.573. The number of ether oxygens (including phenoxy) is 2. The van der Waals surface area contributed by atoms with Crippen LogP contribution in [-0.4, -0.2) is 32.6 Å². The van der Waals surface area contributed by atoms with Crippen LogP contribution < -0.4 is 19.5 Å². The van der Waals surface area contributed by atoms with Crippen LogP contribution in [0.15, 0.2) is 41.4 Å². The number of hydrogen-bond acceptors (Lipinski definition) is 6. The van der Waals surface area contributed by atoms with Gasteiger partial charge in [-0.3, -0.25) is 4.79 Å². The van der Waals surface area contributed by atoms with Crippen molar-refractivity contribution in [2.45, 2.75) is 4.90 Å². The number of anilines is 1. The van der Waals surface area contributed by atoms with Gasteiger partial charge < -0.3 is 14.8 Å². The first-order valence-corrected chi connectivity index (χ1v) is 8.61. The molecule has 2 N–H and O–H groups in total. The van der Waals surface area contributed by atoms with Crippen LogP contribution in [0.2, 0.25) is 5.15 Å². The van der Waals surface area contributed by atoms with Gasteiger partial charge in [-0.15, -0.1) is 0 Å². The van der Waals surface area contributed by atoms with Crippen molar-refractivity contribution < 1.29 is 22.7 Å². The van der Waals surface area contributed by atoms with Gasteiger partial charge in [0.1, 0.15) is 10.0 Å². The summed E-state index contributed by atoms with van der Waals surface area (Å²) >= 11 is 5.61. The number of hydrogen-bond donors (Lipinski definition) is 2. The largest absolute Gasteiger partial charge is 0.454 e. The van der Waals surface area contributed by atoms with Gasteiger partial charge in [0, 0.05) is 18.0 Å². The van der Waals surface area contributed by atoms with Crippen LogP contribution in [0, 0.1) is 0 Å². The van der Waals surface area contributed by atoms with E-state index in [9.17, 15) is 13.2 Å². The van der Waals surface area contributed by atoms with Crippen LogP contribution in [0.1, 0.15) is 0 Å². The molecule has 0 saturated heterocycles. The molecule has 1 aromatic carbocycles. The van der Waals surface area contributed by atoms with E-state index in [2.05, 4.69) is 15.0 Å². The van der Waals surface area contributed by atoms with E-state index in [4.69, 9.17) is 21.1 Å². The first-order chi connectivity index (χ1) is 11.4. The Balaban J connectivity index is 1.60. The maximum atomic E-state index is 12.0. The molecule has 2 heterocycles. The summed E-state index contributed by atoms with van der Waals surface area (Å²) in [6, 6.07) is 7.53. The minimum absolute atomic E-state index is 0.0808. The van der Waals surface area contributed by atoms with E-state index >= 15 is 0 Å². The van der Waals surface area contributed by atoms with E-state index in [1.807, 2.05) is 0 Å². The van der Waals surface area contributed by atoms with Crippen molar-refractivity contribution in [1.29, 1.82) is 0 Å². The van der Waals surface area contributed by atoms with Crippen LogP contribution >= 0.6 is 11.6 Å². The molecule has 0 spiro atoms. The van der Waals surface area contributed by atoms with Crippen molar-refractivity contribution in [3.8, 4) is 11.5 Å². The topological polar surface area (TPSA) is 107 Å². The summed E-state index contributed by atoms with van der Waals surface area (Å²) in [5.41, 5.74) is 0.469. The van der Waals surface area contributed by atoms with Crippen molar-refractivity contribution in [2.75, 3.05) is 18.7 Å². The number of sulfonamides is 1. The fraction of sp³-hybridized carbons (Fsp3) is 0.143. The van der Waals surface area contributed by atoms with Gasteiger partial charge in [0.15, 0.2) is 11.5 Å². The maximum Gasteiger partial charge on any atom is 0.242 e. The lowest BCUT2D eigenvalue weighted by Crippen LogP contribution is -2.32. The quantitative estimate of drug-likeness (QED) is 0.771. The minimum atomic E-state index is -3.85. The molecule has 1 amide bonds. The molecule has 126 valence electrons.